The van der Waals surface area contributed by atoms with Gasteiger partial charge >= 0.3 is 6.18 Å². The molecule has 8 heteroatoms. The number of nitrogens with zero attached hydrogens (tertiary/aromatic N) is 3. The van der Waals surface area contributed by atoms with E-state index in [1.54, 1.807) is 0 Å². The van der Waals surface area contributed by atoms with Crippen LogP contribution in [0.2, 0.25) is 0 Å². The van der Waals surface area contributed by atoms with E-state index in [4.69, 9.17) is 4.52 Å². The van der Waals surface area contributed by atoms with Gasteiger partial charge in [0.15, 0.2) is 0 Å². The van der Waals surface area contributed by atoms with E-state index in [0.29, 0.717) is 19.0 Å². The van der Waals surface area contributed by atoms with Crippen molar-refractivity contribution in [2.45, 2.75) is 19.3 Å². The highest BCUT2D eigenvalue weighted by atomic mass is 79.9. The van der Waals surface area contributed by atoms with Crippen LogP contribution in [0.1, 0.15) is 17.0 Å². The summed E-state index contributed by atoms with van der Waals surface area (Å²) in [4.78, 5) is 6.18. The third-order valence-corrected chi connectivity index (χ3v) is 4.49. The molecule has 0 unspecified atom stereocenters. The molecule has 0 N–H and O–H groups in total. The molecule has 0 aliphatic carbocycles. The van der Waals surface area contributed by atoms with E-state index in [0.717, 1.165) is 22.2 Å². The van der Waals surface area contributed by atoms with Gasteiger partial charge in [-0.1, -0.05) is 51.4 Å². The minimum atomic E-state index is -4.41. The molecule has 0 atom stereocenters. The van der Waals surface area contributed by atoms with E-state index < -0.39 is 11.7 Å². The van der Waals surface area contributed by atoms with Crippen molar-refractivity contribution in [3.63, 3.8) is 0 Å². The van der Waals surface area contributed by atoms with Crippen molar-refractivity contribution in [3.8, 4) is 11.4 Å². The first-order valence-electron chi connectivity index (χ1n) is 7.75. The van der Waals surface area contributed by atoms with Crippen LogP contribution in [0, 0.1) is 0 Å². The molecule has 0 aliphatic rings. The van der Waals surface area contributed by atoms with E-state index in [1.807, 2.05) is 36.2 Å². The molecule has 0 aliphatic heterocycles. The zero-order valence-corrected chi connectivity index (χ0v) is 15.4. The van der Waals surface area contributed by atoms with Crippen LogP contribution in [0.15, 0.2) is 57.5 Å². The molecule has 0 amide bonds. The summed E-state index contributed by atoms with van der Waals surface area (Å²) in [5.41, 5.74) is 0.628. The Morgan fingerprint density at radius 3 is 2.58 bits per heavy atom. The monoisotopic (exact) mass is 425 g/mol. The second kappa shape index (κ2) is 7.59. The Morgan fingerprint density at radius 1 is 1.08 bits per heavy atom. The first-order chi connectivity index (χ1) is 12.3. The van der Waals surface area contributed by atoms with Gasteiger partial charge in [-0.25, -0.2) is 0 Å². The maximum atomic E-state index is 12.8. The molecular weight excluding hydrogens is 411 g/mol. The van der Waals surface area contributed by atoms with Gasteiger partial charge in [0, 0.05) is 16.6 Å². The number of benzene rings is 2. The Bertz CT molecular complexity index is 895. The highest BCUT2D eigenvalue weighted by Gasteiger charge is 2.30. The molecule has 0 bridgehead atoms. The van der Waals surface area contributed by atoms with Crippen LogP contribution in [-0.2, 0) is 19.3 Å². The Morgan fingerprint density at radius 2 is 1.85 bits per heavy atom. The average molecular weight is 426 g/mol. The normalized spacial score (nSPS) is 11.9. The van der Waals surface area contributed by atoms with Crippen molar-refractivity contribution < 1.29 is 17.7 Å². The van der Waals surface area contributed by atoms with Crippen LogP contribution < -0.4 is 0 Å². The zero-order chi connectivity index (χ0) is 18.7. The van der Waals surface area contributed by atoms with Gasteiger partial charge in [-0.3, -0.25) is 4.90 Å². The van der Waals surface area contributed by atoms with Crippen LogP contribution in [-0.4, -0.2) is 22.1 Å². The summed E-state index contributed by atoms with van der Waals surface area (Å²) in [6.45, 7) is 1.04. The van der Waals surface area contributed by atoms with Gasteiger partial charge in [-0.15, -0.1) is 0 Å². The predicted octanol–water partition coefficient (Wildman–Crippen LogP) is 5.15. The average Bonchev–Trinajstić information content (AvgIpc) is 3.05. The van der Waals surface area contributed by atoms with Crippen molar-refractivity contribution in [2.24, 2.45) is 0 Å². The molecule has 4 nitrogen and oxygen atoms in total. The summed E-state index contributed by atoms with van der Waals surface area (Å²) in [5, 5.41) is 3.80. The maximum absolute atomic E-state index is 12.8. The fourth-order valence-corrected chi connectivity index (χ4v) is 2.89. The van der Waals surface area contributed by atoms with Crippen LogP contribution in [0.5, 0.6) is 0 Å². The van der Waals surface area contributed by atoms with Crippen molar-refractivity contribution in [1.29, 1.82) is 0 Å². The Balaban J connectivity index is 1.71. The molecule has 0 saturated carbocycles. The molecule has 3 rings (SSSR count). The van der Waals surface area contributed by atoms with E-state index in [9.17, 15) is 13.2 Å². The third-order valence-electron chi connectivity index (χ3n) is 3.72. The molecule has 0 fully saturated rings. The number of alkyl halides is 3. The quantitative estimate of drug-likeness (QED) is 0.566. The van der Waals surface area contributed by atoms with E-state index in [1.165, 1.54) is 12.1 Å². The fraction of sp³-hybridized carbons (Fsp3) is 0.222. The van der Waals surface area contributed by atoms with E-state index in [-0.39, 0.29) is 11.4 Å². The summed E-state index contributed by atoms with van der Waals surface area (Å²) in [6.07, 6.45) is -4.41. The SMILES string of the molecule is CN(Cc1nc(-c2cccc(C(F)(F)F)c2)no1)Cc1ccccc1Br. The van der Waals surface area contributed by atoms with Crippen LogP contribution >= 0.6 is 15.9 Å². The minimum Gasteiger partial charge on any atom is -0.338 e. The highest BCUT2D eigenvalue weighted by Crippen LogP contribution is 2.31. The van der Waals surface area contributed by atoms with E-state index >= 15 is 0 Å². The molecular formula is C18H15BrF3N3O. The molecule has 0 radical (unpaired) electrons. The molecule has 26 heavy (non-hydrogen) atoms. The Kier molecular flexibility index (Phi) is 5.43. The summed E-state index contributed by atoms with van der Waals surface area (Å²) >= 11 is 3.50. The molecule has 2 aromatic carbocycles. The van der Waals surface area contributed by atoms with Crippen molar-refractivity contribution in [2.75, 3.05) is 7.05 Å². The van der Waals surface area contributed by atoms with Gasteiger partial charge < -0.3 is 4.52 Å². The first kappa shape index (κ1) is 18.6. The Labute approximate surface area is 156 Å². The lowest BCUT2D eigenvalue weighted by Crippen LogP contribution is -2.17. The first-order valence-corrected chi connectivity index (χ1v) is 8.54. The number of hydrogen-bond acceptors (Lipinski definition) is 4. The van der Waals surface area contributed by atoms with Crippen molar-refractivity contribution in [1.82, 2.24) is 15.0 Å². The van der Waals surface area contributed by atoms with Crippen molar-refractivity contribution >= 4 is 15.9 Å². The van der Waals surface area contributed by atoms with Crippen LogP contribution in [0.3, 0.4) is 0 Å². The number of hydrogen-bond donors (Lipinski definition) is 0. The van der Waals surface area contributed by atoms with Gasteiger partial charge in [0.25, 0.3) is 0 Å². The summed E-state index contributed by atoms with van der Waals surface area (Å²) < 4.78 is 44.7. The minimum absolute atomic E-state index is 0.139. The van der Waals surface area contributed by atoms with Gasteiger partial charge in [0.1, 0.15) is 0 Å². The van der Waals surface area contributed by atoms with Gasteiger partial charge in [-0.05, 0) is 30.8 Å². The molecule has 136 valence electrons. The topological polar surface area (TPSA) is 42.2 Å². The molecule has 0 saturated heterocycles. The lowest BCUT2D eigenvalue weighted by molar-refractivity contribution is -0.137. The lowest BCUT2D eigenvalue weighted by Gasteiger charge is -2.15. The highest BCUT2D eigenvalue weighted by molar-refractivity contribution is 9.10. The zero-order valence-electron chi connectivity index (χ0n) is 13.8. The van der Waals surface area contributed by atoms with Gasteiger partial charge in [0.05, 0.1) is 12.1 Å². The lowest BCUT2D eigenvalue weighted by atomic mass is 10.1. The summed E-state index contributed by atoms with van der Waals surface area (Å²) in [5.74, 6) is 0.479. The fourth-order valence-electron chi connectivity index (χ4n) is 2.48. The van der Waals surface area contributed by atoms with Crippen LogP contribution in [0.4, 0.5) is 13.2 Å². The standard InChI is InChI=1S/C18H15BrF3N3O/c1-25(10-13-5-2-3-8-15(13)19)11-16-23-17(24-26-16)12-6-4-7-14(9-12)18(20,21)22/h2-9H,10-11H2,1H3. The van der Waals surface area contributed by atoms with E-state index in [2.05, 4.69) is 26.1 Å². The number of halogens is 4. The predicted molar refractivity (Wildman–Crippen MR) is 94.0 cm³/mol. The third kappa shape index (κ3) is 4.50. The van der Waals surface area contributed by atoms with Gasteiger partial charge in [0.2, 0.25) is 11.7 Å². The van der Waals surface area contributed by atoms with Crippen LogP contribution in [0.25, 0.3) is 11.4 Å². The number of rotatable bonds is 5. The summed E-state index contributed by atoms with van der Waals surface area (Å²) in [7, 11) is 1.90. The Hall–Kier alpha value is -2.19. The van der Waals surface area contributed by atoms with Gasteiger partial charge in [-0.2, -0.15) is 18.2 Å². The second-order valence-corrected chi connectivity index (χ2v) is 6.71. The molecule has 3 aromatic rings. The molecule has 1 heterocycles. The maximum Gasteiger partial charge on any atom is 0.416 e. The smallest absolute Gasteiger partial charge is 0.338 e. The summed E-state index contributed by atoms with van der Waals surface area (Å²) in [6, 6.07) is 12.7. The molecule has 1 aromatic heterocycles. The second-order valence-electron chi connectivity index (χ2n) is 5.85. The largest absolute Gasteiger partial charge is 0.416 e. The molecule has 0 spiro atoms. The number of aromatic nitrogens is 2. The van der Waals surface area contributed by atoms with Crippen molar-refractivity contribution in [3.05, 3.63) is 70.0 Å².